The summed E-state index contributed by atoms with van der Waals surface area (Å²) in [5.41, 5.74) is 1.23. The Balaban J connectivity index is 2.66. The van der Waals surface area contributed by atoms with Gasteiger partial charge < -0.3 is 20.1 Å². The summed E-state index contributed by atoms with van der Waals surface area (Å²) in [6, 6.07) is 3.55. The van der Waals surface area contributed by atoms with E-state index in [2.05, 4.69) is 17.2 Å². The fourth-order valence-corrected chi connectivity index (χ4v) is 1.77. The van der Waals surface area contributed by atoms with Gasteiger partial charge in [0.1, 0.15) is 5.69 Å². The van der Waals surface area contributed by atoms with Crippen molar-refractivity contribution in [1.82, 2.24) is 9.88 Å². The highest BCUT2D eigenvalue weighted by molar-refractivity contribution is 5.93. The highest BCUT2D eigenvalue weighted by Crippen LogP contribution is 2.10. The lowest BCUT2D eigenvalue weighted by molar-refractivity contribution is 0.0378. The molecule has 1 rings (SSSR count). The van der Waals surface area contributed by atoms with Crippen LogP contribution in [0.4, 0.5) is 5.69 Å². The van der Waals surface area contributed by atoms with Gasteiger partial charge >= 0.3 is 0 Å². The van der Waals surface area contributed by atoms with Gasteiger partial charge in [-0.15, -0.1) is 0 Å². The Hall–Kier alpha value is -1.66. The van der Waals surface area contributed by atoms with Gasteiger partial charge in [-0.3, -0.25) is 9.78 Å². The molecule has 0 aliphatic rings. The lowest BCUT2D eigenvalue weighted by Gasteiger charge is -2.20. The number of nitrogens with zero attached hydrogens (tertiary/aromatic N) is 2. The second kappa shape index (κ2) is 8.50. The zero-order chi connectivity index (χ0) is 15.0. The van der Waals surface area contributed by atoms with Crippen molar-refractivity contribution < 1.29 is 14.6 Å². The third kappa shape index (κ3) is 5.14. The smallest absolute Gasteiger partial charge is 0.272 e. The van der Waals surface area contributed by atoms with Crippen LogP contribution < -0.4 is 5.32 Å². The zero-order valence-corrected chi connectivity index (χ0v) is 12.3. The molecule has 0 bridgehead atoms. The summed E-state index contributed by atoms with van der Waals surface area (Å²) in [5, 5.41) is 12.8. The first-order valence-electron chi connectivity index (χ1n) is 6.70. The van der Waals surface area contributed by atoms with E-state index in [1.807, 2.05) is 6.07 Å². The van der Waals surface area contributed by atoms with Crippen LogP contribution in [0.25, 0.3) is 0 Å². The average molecular weight is 281 g/mol. The number of anilines is 1. The van der Waals surface area contributed by atoms with Gasteiger partial charge in [0.15, 0.2) is 0 Å². The molecule has 1 heterocycles. The van der Waals surface area contributed by atoms with Crippen LogP contribution in [-0.4, -0.2) is 60.9 Å². The molecular weight excluding hydrogens is 258 g/mol. The number of aliphatic hydroxyl groups excluding tert-OH is 1. The van der Waals surface area contributed by atoms with E-state index in [0.29, 0.717) is 5.69 Å². The molecule has 1 aromatic rings. The highest BCUT2D eigenvalue weighted by atomic mass is 16.5. The molecule has 0 saturated heterocycles. The number of pyridine rings is 1. The van der Waals surface area contributed by atoms with Crippen LogP contribution in [0.2, 0.25) is 0 Å². The number of amides is 1. The Morgan fingerprint density at radius 2 is 2.35 bits per heavy atom. The molecule has 1 aromatic heterocycles. The topological polar surface area (TPSA) is 74.7 Å². The maximum Gasteiger partial charge on any atom is 0.272 e. The average Bonchev–Trinajstić information content (AvgIpc) is 2.44. The maximum atomic E-state index is 12.2. The number of likely N-dealkylation sites (N-methyl/N-ethyl adjacent to an activating group) is 1. The molecule has 0 aromatic carbocycles. The largest absolute Gasteiger partial charge is 0.389 e. The molecule has 20 heavy (non-hydrogen) atoms. The first-order valence-corrected chi connectivity index (χ1v) is 6.70. The van der Waals surface area contributed by atoms with Crippen molar-refractivity contribution in [2.24, 2.45) is 0 Å². The van der Waals surface area contributed by atoms with E-state index in [1.165, 1.54) is 12.0 Å². The van der Waals surface area contributed by atoms with E-state index in [0.717, 1.165) is 18.7 Å². The van der Waals surface area contributed by atoms with Crippen LogP contribution in [0, 0.1) is 0 Å². The van der Waals surface area contributed by atoms with Gasteiger partial charge in [-0.05, 0) is 18.6 Å². The fourth-order valence-electron chi connectivity index (χ4n) is 1.77. The summed E-state index contributed by atoms with van der Waals surface area (Å²) in [6.07, 6.45) is 1.91. The third-order valence-electron chi connectivity index (χ3n) is 2.75. The second-order valence-corrected chi connectivity index (χ2v) is 4.65. The van der Waals surface area contributed by atoms with Crippen molar-refractivity contribution in [3.63, 3.8) is 0 Å². The summed E-state index contributed by atoms with van der Waals surface area (Å²) in [7, 11) is 3.14. The SMILES string of the molecule is CCCNc1ccnc(C(=O)N(C)CC(O)COC)c1. The number of nitrogens with one attached hydrogen (secondary N) is 1. The first-order chi connectivity index (χ1) is 9.58. The van der Waals surface area contributed by atoms with Crippen LogP contribution in [0.5, 0.6) is 0 Å². The Morgan fingerprint density at radius 3 is 3.00 bits per heavy atom. The predicted molar refractivity (Wildman–Crippen MR) is 77.9 cm³/mol. The van der Waals surface area contributed by atoms with E-state index < -0.39 is 6.10 Å². The highest BCUT2D eigenvalue weighted by Gasteiger charge is 2.16. The predicted octanol–water partition coefficient (Wildman–Crippen LogP) is 0.983. The molecule has 0 fully saturated rings. The van der Waals surface area contributed by atoms with Crippen LogP contribution in [0.3, 0.4) is 0 Å². The van der Waals surface area contributed by atoms with Crippen molar-refractivity contribution >= 4 is 11.6 Å². The molecule has 1 amide bonds. The lowest BCUT2D eigenvalue weighted by atomic mass is 10.2. The Labute approximate surface area is 119 Å². The summed E-state index contributed by atoms with van der Waals surface area (Å²) < 4.78 is 4.84. The minimum Gasteiger partial charge on any atom is -0.389 e. The molecule has 0 aliphatic carbocycles. The summed E-state index contributed by atoms with van der Waals surface area (Å²) >= 11 is 0. The summed E-state index contributed by atoms with van der Waals surface area (Å²) in [4.78, 5) is 17.7. The summed E-state index contributed by atoms with van der Waals surface area (Å²) in [5.74, 6) is -0.222. The maximum absolute atomic E-state index is 12.2. The van der Waals surface area contributed by atoms with Gasteiger partial charge in [0.25, 0.3) is 5.91 Å². The normalized spacial score (nSPS) is 12.0. The van der Waals surface area contributed by atoms with Crippen LogP contribution in [-0.2, 0) is 4.74 Å². The number of carbonyl (C=O) groups is 1. The van der Waals surface area contributed by atoms with E-state index in [9.17, 15) is 9.90 Å². The molecule has 0 radical (unpaired) electrons. The minimum absolute atomic E-state index is 0.198. The van der Waals surface area contributed by atoms with Crippen molar-refractivity contribution in [3.05, 3.63) is 24.0 Å². The molecule has 1 atom stereocenters. The molecule has 6 nitrogen and oxygen atoms in total. The van der Waals surface area contributed by atoms with E-state index in [1.54, 1.807) is 19.3 Å². The summed E-state index contributed by atoms with van der Waals surface area (Å²) in [6.45, 7) is 3.33. The number of rotatable bonds is 8. The van der Waals surface area contributed by atoms with Gasteiger partial charge in [-0.1, -0.05) is 6.92 Å². The molecule has 6 heteroatoms. The fraction of sp³-hybridized carbons (Fsp3) is 0.571. The minimum atomic E-state index is -0.699. The number of aliphatic hydroxyl groups is 1. The second-order valence-electron chi connectivity index (χ2n) is 4.65. The van der Waals surface area contributed by atoms with E-state index in [-0.39, 0.29) is 19.1 Å². The third-order valence-corrected chi connectivity index (χ3v) is 2.75. The van der Waals surface area contributed by atoms with Crippen LogP contribution in [0.1, 0.15) is 23.8 Å². The molecule has 2 N–H and O–H groups in total. The molecule has 0 saturated carbocycles. The van der Waals surface area contributed by atoms with Crippen molar-refractivity contribution in [2.75, 3.05) is 39.2 Å². The van der Waals surface area contributed by atoms with Crippen molar-refractivity contribution in [2.45, 2.75) is 19.4 Å². The van der Waals surface area contributed by atoms with E-state index in [4.69, 9.17) is 4.74 Å². The number of aromatic nitrogens is 1. The Morgan fingerprint density at radius 1 is 1.60 bits per heavy atom. The molecular formula is C14H23N3O3. The number of hydrogen-bond donors (Lipinski definition) is 2. The number of hydrogen-bond acceptors (Lipinski definition) is 5. The molecule has 0 aliphatic heterocycles. The lowest BCUT2D eigenvalue weighted by Crippen LogP contribution is -2.36. The van der Waals surface area contributed by atoms with Gasteiger partial charge in [0, 0.05) is 39.1 Å². The zero-order valence-electron chi connectivity index (χ0n) is 12.3. The quantitative estimate of drug-likeness (QED) is 0.743. The van der Waals surface area contributed by atoms with E-state index >= 15 is 0 Å². The first kappa shape index (κ1) is 16.4. The molecule has 0 spiro atoms. The van der Waals surface area contributed by atoms with Gasteiger partial charge in [0.2, 0.25) is 0 Å². The standard InChI is InChI=1S/C14H23N3O3/c1-4-6-15-11-5-7-16-13(8-11)14(19)17(2)9-12(18)10-20-3/h5,7-8,12,18H,4,6,9-10H2,1-3H3,(H,15,16). The molecule has 112 valence electrons. The van der Waals surface area contributed by atoms with Crippen LogP contribution >= 0.6 is 0 Å². The molecule has 1 unspecified atom stereocenters. The van der Waals surface area contributed by atoms with Crippen molar-refractivity contribution in [1.29, 1.82) is 0 Å². The Bertz CT molecular complexity index is 426. The number of ether oxygens (including phenoxy) is 1. The van der Waals surface area contributed by atoms with Gasteiger partial charge in [0.05, 0.1) is 12.7 Å². The van der Waals surface area contributed by atoms with Crippen LogP contribution in [0.15, 0.2) is 18.3 Å². The van der Waals surface area contributed by atoms with Crippen molar-refractivity contribution in [3.8, 4) is 0 Å². The number of carbonyl (C=O) groups excluding carboxylic acids is 1. The monoisotopic (exact) mass is 281 g/mol. The number of methoxy groups -OCH3 is 1. The van der Waals surface area contributed by atoms with Gasteiger partial charge in [-0.25, -0.2) is 0 Å². The Kier molecular flexibility index (Phi) is 6.97. The van der Waals surface area contributed by atoms with Gasteiger partial charge in [-0.2, -0.15) is 0 Å².